The van der Waals surface area contributed by atoms with Gasteiger partial charge in [-0.05, 0) is 38.7 Å². The summed E-state index contributed by atoms with van der Waals surface area (Å²) >= 11 is 0. The second-order valence-electron chi connectivity index (χ2n) is 5.92. The zero-order valence-corrected chi connectivity index (χ0v) is 13.4. The predicted molar refractivity (Wildman–Crippen MR) is 86.3 cm³/mol. The largest absolute Gasteiger partial charge is 0.385 e. The van der Waals surface area contributed by atoms with Crippen LogP contribution in [0.2, 0.25) is 0 Å². The van der Waals surface area contributed by atoms with E-state index in [4.69, 9.17) is 4.74 Å². The van der Waals surface area contributed by atoms with Gasteiger partial charge in [0.15, 0.2) is 0 Å². The van der Waals surface area contributed by atoms with Gasteiger partial charge in [-0.3, -0.25) is 4.79 Å². The lowest BCUT2D eigenvalue weighted by atomic mass is 9.95. The molecule has 1 aromatic rings. The molecule has 0 aliphatic heterocycles. The fourth-order valence-electron chi connectivity index (χ4n) is 2.02. The average molecular weight is 292 g/mol. The van der Waals surface area contributed by atoms with Gasteiger partial charge in [0.25, 0.3) is 0 Å². The minimum Gasteiger partial charge on any atom is -0.385 e. The Morgan fingerprint density at radius 3 is 2.62 bits per heavy atom. The highest BCUT2D eigenvalue weighted by Crippen LogP contribution is 2.13. The first-order chi connectivity index (χ1) is 10.0. The van der Waals surface area contributed by atoms with Gasteiger partial charge in [0.1, 0.15) is 0 Å². The molecule has 1 amide bonds. The van der Waals surface area contributed by atoms with Crippen molar-refractivity contribution in [2.45, 2.75) is 38.6 Å². The van der Waals surface area contributed by atoms with Crippen molar-refractivity contribution in [3.05, 3.63) is 35.9 Å². The molecule has 0 aliphatic carbocycles. The third kappa shape index (κ3) is 8.48. The van der Waals surface area contributed by atoms with Crippen molar-refractivity contribution in [2.75, 3.05) is 26.8 Å². The van der Waals surface area contributed by atoms with Crippen LogP contribution in [0.5, 0.6) is 0 Å². The standard InChI is InChI=1S/C17H28N2O2/c1-17(2,11-10-15-8-5-4-6-9-15)19-14-16(20)18-12-7-13-21-3/h4-6,8-9,19H,7,10-14H2,1-3H3,(H,18,20). The van der Waals surface area contributed by atoms with E-state index in [1.54, 1.807) is 7.11 Å². The van der Waals surface area contributed by atoms with Crippen LogP contribution >= 0.6 is 0 Å². The summed E-state index contributed by atoms with van der Waals surface area (Å²) in [6, 6.07) is 10.4. The number of ether oxygens (including phenoxy) is 1. The van der Waals surface area contributed by atoms with Crippen LogP contribution < -0.4 is 10.6 Å². The Kier molecular flexibility index (Phi) is 8.01. The molecular formula is C17H28N2O2. The lowest BCUT2D eigenvalue weighted by Crippen LogP contribution is -2.45. The summed E-state index contributed by atoms with van der Waals surface area (Å²) in [6.07, 6.45) is 2.85. The van der Waals surface area contributed by atoms with Crippen molar-refractivity contribution >= 4 is 5.91 Å². The highest BCUT2D eigenvalue weighted by molar-refractivity contribution is 5.78. The third-order valence-corrected chi connectivity index (χ3v) is 3.46. The van der Waals surface area contributed by atoms with E-state index < -0.39 is 0 Å². The molecule has 1 aromatic carbocycles. The maximum absolute atomic E-state index is 11.7. The van der Waals surface area contributed by atoms with Crippen molar-refractivity contribution in [2.24, 2.45) is 0 Å². The van der Waals surface area contributed by atoms with Crippen molar-refractivity contribution in [1.29, 1.82) is 0 Å². The molecule has 4 nitrogen and oxygen atoms in total. The van der Waals surface area contributed by atoms with Crippen LogP contribution in [0.4, 0.5) is 0 Å². The van der Waals surface area contributed by atoms with Gasteiger partial charge in [0.2, 0.25) is 5.91 Å². The van der Waals surface area contributed by atoms with Gasteiger partial charge in [-0.15, -0.1) is 0 Å². The first-order valence-electron chi connectivity index (χ1n) is 7.58. The normalized spacial score (nSPS) is 11.4. The number of carbonyl (C=O) groups is 1. The van der Waals surface area contributed by atoms with E-state index in [1.165, 1.54) is 5.56 Å². The van der Waals surface area contributed by atoms with Crippen molar-refractivity contribution in [1.82, 2.24) is 10.6 Å². The second-order valence-corrected chi connectivity index (χ2v) is 5.92. The summed E-state index contributed by atoms with van der Waals surface area (Å²) in [7, 11) is 1.67. The number of aryl methyl sites for hydroxylation is 1. The van der Waals surface area contributed by atoms with Gasteiger partial charge in [-0.1, -0.05) is 30.3 Å². The van der Waals surface area contributed by atoms with Gasteiger partial charge in [-0.25, -0.2) is 0 Å². The SMILES string of the molecule is COCCCNC(=O)CNC(C)(C)CCc1ccccc1. The smallest absolute Gasteiger partial charge is 0.233 e. The summed E-state index contributed by atoms with van der Waals surface area (Å²) in [5, 5.41) is 6.21. The van der Waals surface area contributed by atoms with Crippen LogP contribution in [-0.2, 0) is 16.0 Å². The molecule has 0 unspecified atom stereocenters. The number of methoxy groups -OCH3 is 1. The molecule has 0 spiro atoms. The Labute approximate surface area is 128 Å². The number of carbonyl (C=O) groups excluding carboxylic acids is 1. The zero-order valence-electron chi connectivity index (χ0n) is 13.4. The second kappa shape index (κ2) is 9.53. The van der Waals surface area contributed by atoms with E-state index >= 15 is 0 Å². The van der Waals surface area contributed by atoms with Gasteiger partial charge >= 0.3 is 0 Å². The molecule has 2 N–H and O–H groups in total. The van der Waals surface area contributed by atoms with Crippen LogP contribution in [0.15, 0.2) is 30.3 Å². The molecule has 118 valence electrons. The Morgan fingerprint density at radius 2 is 1.95 bits per heavy atom. The molecule has 1 rings (SSSR count). The van der Waals surface area contributed by atoms with Gasteiger partial charge in [-0.2, -0.15) is 0 Å². The molecule has 21 heavy (non-hydrogen) atoms. The van der Waals surface area contributed by atoms with E-state index in [0.717, 1.165) is 19.3 Å². The number of hydrogen-bond donors (Lipinski definition) is 2. The number of amides is 1. The number of nitrogens with one attached hydrogen (secondary N) is 2. The Hall–Kier alpha value is -1.39. The number of hydrogen-bond acceptors (Lipinski definition) is 3. The van der Waals surface area contributed by atoms with Crippen molar-refractivity contribution in [3.8, 4) is 0 Å². The Balaban J connectivity index is 2.21. The lowest BCUT2D eigenvalue weighted by molar-refractivity contribution is -0.120. The molecule has 0 fully saturated rings. The van der Waals surface area contributed by atoms with Crippen molar-refractivity contribution in [3.63, 3.8) is 0 Å². The number of rotatable bonds is 10. The van der Waals surface area contributed by atoms with Crippen LogP contribution in [0, 0.1) is 0 Å². The third-order valence-electron chi connectivity index (χ3n) is 3.46. The van der Waals surface area contributed by atoms with Gasteiger partial charge < -0.3 is 15.4 Å². The maximum atomic E-state index is 11.7. The fraction of sp³-hybridized carbons (Fsp3) is 0.588. The zero-order chi connectivity index (χ0) is 15.6. The topological polar surface area (TPSA) is 50.4 Å². The van der Waals surface area contributed by atoms with Crippen LogP contribution in [0.25, 0.3) is 0 Å². The van der Waals surface area contributed by atoms with E-state index in [9.17, 15) is 4.79 Å². The summed E-state index contributed by atoms with van der Waals surface area (Å²) in [4.78, 5) is 11.7. The first kappa shape index (κ1) is 17.7. The Morgan fingerprint density at radius 1 is 1.24 bits per heavy atom. The number of benzene rings is 1. The van der Waals surface area contributed by atoms with Crippen molar-refractivity contribution < 1.29 is 9.53 Å². The lowest BCUT2D eigenvalue weighted by Gasteiger charge is -2.26. The summed E-state index contributed by atoms with van der Waals surface area (Å²) < 4.78 is 4.94. The van der Waals surface area contributed by atoms with Crippen LogP contribution in [-0.4, -0.2) is 38.3 Å². The van der Waals surface area contributed by atoms with Crippen LogP contribution in [0.3, 0.4) is 0 Å². The van der Waals surface area contributed by atoms with Gasteiger partial charge in [0.05, 0.1) is 6.54 Å². The molecule has 0 saturated heterocycles. The van der Waals surface area contributed by atoms with Crippen LogP contribution in [0.1, 0.15) is 32.3 Å². The van der Waals surface area contributed by atoms with E-state index in [0.29, 0.717) is 19.7 Å². The molecule has 0 heterocycles. The molecule has 0 radical (unpaired) electrons. The minimum absolute atomic E-state index is 0.0406. The summed E-state index contributed by atoms with van der Waals surface area (Å²) in [5.41, 5.74) is 1.27. The van der Waals surface area contributed by atoms with E-state index in [-0.39, 0.29) is 11.4 Å². The molecule has 0 atom stereocenters. The first-order valence-corrected chi connectivity index (χ1v) is 7.58. The maximum Gasteiger partial charge on any atom is 0.233 e. The highest BCUT2D eigenvalue weighted by atomic mass is 16.5. The Bertz CT molecular complexity index is 405. The van der Waals surface area contributed by atoms with E-state index in [2.05, 4.69) is 48.7 Å². The quantitative estimate of drug-likeness (QED) is 0.650. The summed E-state index contributed by atoms with van der Waals surface area (Å²) in [5.74, 6) is 0.0406. The summed E-state index contributed by atoms with van der Waals surface area (Å²) in [6.45, 7) is 5.96. The fourth-order valence-corrected chi connectivity index (χ4v) is 2.02. The molecular weight excluding hydrogens is 264 g/mol. The predicted octanol–water partition coefficient (Wildman–Crippen LogP) is 2.14. The highest BCUT2D eigenvalue weighted by Gasteiger charge is 2.17. The average Bonchev–Trinajstić information content (AvgIpc) is 2.49. The van der Waals surface area contributed by atoms with Gasteiger partial charge in [0, 0.05) is 25.8 Å². The monoisotopic (exact) mass is 292 g/mol. The molecule has 0 aromatic heterocycles. The minimum atomic E-state index is -0.0558. The van der Waals surface area contributed by atoms with E-state index in [1.807, 2.05) is 6.07 Å². The molecule has 0 bridgehead atoms. The molecule has 0 saturated carbocycles. The molecule has 4 heteroatoms. The molecule has 0 aliphatic rings.